The third-order valence-electron chi connectivity index (χ3n) is 2.73. The molecular weight excluding hydrogens is 236 g/mol. The molecule has 1 unspecified atom stereocenters. The lowest BCUT2D eigenvalue weighted by Crippen LogP contribution is -2.10. The van der Waals surface area contributed by atoms with E-state index in [1.165, 1.54) is 0 Å². The summed E-state index contributed by atoms with van der Waals surface area (Å²) in [4.78, 5) is 4.08. The van der Waals surface area contributed by atoms with Gasteiger partial charge in [0.15, 0.2) is 0 Å². The molecule has 0 saturated heterocycles. The fourth-order valence-corrected chi connectivity index (χ4v) is 2.05. The molecule has 4 heteroatoms. The fourth-order valence-electron chi connectivity index (χ4n) is 1.81. The van der Waals surface area contributed by atoms with E-state index >= 15 is 0 Å². The summed E-state index contributed by atoms with van der Waals surface area (Å²) in [7, 11) is 0. The molecule has 17 heavy (non-hydrogen) atoms. The molecule has 2 aromatic rings. The van der Waals surface area contributed by atoms with Crippen LogP contribution >= 0.6 is 11.6 Å². The fraction of sp³-hybridized carbons (Fsp3) is 0.308. The number of aliphatic hydroxyl groups is 1. The van der Waals surface area contributed by atoms with E-state index in [4.69, 9.17) is 11.6 Å². The zero-order chi connectivity index (χ0) is 12.4. The van der Waals surface area contributed by atoms with Crippen LogP contribution < -0.4 is 0 Å². The van der Waals surface area contributed by atoms with Gasteiger partial charge in [0, 0.05) is 16.6 Å². The highest BCUT2D eigenvalue weighted by Crippen LogP contribution is 2.28. The van der Waals surface area contributed by atoms with E-state index in [0.717, 1.165) is 5.69 Å². The predicted molar refractivity (Wildman–Crippen MR) is 68.1 cm³/mol. The maximum Gasteiger partial charge on any atom is 0.122 e. The van der Waals surface area contributed by atoms with E-state index in [1.807, 2.05) is 36.6 Å². The molecule has 1 atom stereocenters. The van der Waals surface area contributed by atoms with Crippen molar-refractivity contribution in [3.8, 4) is 0 Å². The van der Waals surface area contributed by atoms with Crippen molar-refractivity contribution in [2.45, 2.75) is 26.0 Å². The first-order valence-corrected chi connectivity index (χ1v) is 5.93. The van der Waals surface area contributed by atoms with Gasteiger partial charge in [0.05, 0.1) is 18.2 Å². The minimum absolute atomic E-state index is 0.254. The Balaban J connectivity index is 2.41. The summed E-state index contributed by atoms with van der Waals surface area (Å²) in [6.07, 6.45) is 2.65. The first-order valence-electron chi connectivity index (χ1n) is 5.55. The molecule has 1 N–H and O–H groups in total. The van der Waals surface area contributed by atoms with Crippen LogP contribution in [0.2, 0.25) is 5.02 Å². The second-order valence-corrected chi connectivity index (χ2v) is 4.65. The summed E-state index contributed by atoms with van der Waals surface area (Å²) in [6.45, 7) is 4.09. The number of hydrogen-bond donors (Lipinski definition) is 1. The van der Waals surface area contributed by atoms with E-state index in [9.17, 15) is 5.11 Å². The summed E-state index contributed by atoms with van der Waals surface area (Å²) in [5, 5.41) is 10.9. The Morgan fingerprint density at radius 1 is 1.29 bits per heavy atom. The first kappa shape index (κ1) is 12.1. The highest BCUT2D eigenvalue weighted by molar-refractivity contribution is 6.31. The molecule has 1 aromatic carbocycles. The van der Waals surface area contributed by atoms with E-state index in [-0.39, 0.29) is 6.04 Å². The number of halogens is 1. The molecule has 0 spiro atoms. The van der Waals surface area contributed by atoms with Gasteiger partial charge in [-0.3, -0.25) is 0 Å². The summed E-state index contributed by atoms with van der Waals surface area (Å²) in [6, 6.07) is 7.56. The van der Waals surface area contributed by atoms with E-state index in [1.54, 1.807) is 18.6 Å². The maximum atomic E-state index is 10.3. The number of benzene rings is 1. The highest BCUT2D eigenvalue weighted by atomic mass is 35.5. The van der Waals surface area contributed by atoms with Crippen LogP contribution in [-0.4, -0.2) is 14.7 Å². The van der Waals surface area contributed by atoms with Gasteiger partial charge < -0.3 is 9.67 Å². The lowest BCUT2D eigenvalue weighted by Gasteiger charge is -2.17. The molecule has 0 aliphatic heterocycles. The van der Waals surface area contributed by atoms with Crippen LogP contribution in [0.4, 0.5) is 0 Å². The summed E-state index contributed by atoms with van der Waals surface area (Å²) in [5.74, 6) is 0. The minimum Gasteiger partial charge on any atom is -0.382 e. The Morgan fingerprint density at radius 3 is 2.65 bits per heavy atom. The van der Waals surface area contributed by atoms with Crippen LogP contribution in [0.15, 0.2) is 36.8 Å². The molecule has 0 bridgehead atoms. The number of nitrogens with zero attached hydrogens (tertiary/aromatic N) is 2. The van der Waals surface area contributed by atoms with Gasteiger partial charge in [0.2, 0.25) is 0 Å². The van der Waals surface area contributed by atoms with Crippen molar-refractivity contribution in [2.75, 3.05) is 0 Å². The molecule has 3 nitrogen and oxygen atoms in total. The van der Waals surface area contributed by atoms with Gasteiger partial charge >= 0.3 is 0 Å². The largest absolute Gasteiger partial charge is 0.382 e. The summed E-state index contributed by atoms with van der Waals surface area (Å²) >= 11 is 6.08. The van der Waals surface area contributed by atoms with Crippen molar-refractivity contribution in [1.29, 1.82) is 0 Å². The molecule has 0 aliphatic rings. The normalized spacial score (nSPS) is 13.0. The van der Waals surface area contributed by atoms with E-state index in [0.29, 0.717) is 10.6 Å². The van der Waals surface area contributed by atoms with E-state index in [2.05, 4.69) is 4.98 Å². The Labute approximate surface area is 106 Å². The van der Waals surface area contributed by atoms with Crippen molar-refractivity contribution in [3.05, 3.63) is 53.1 Å². The summed E-state index contributed by atoms with van der Waals surface area (Å²) in [5.41, 5.74) is 1.46. The predicted octanol–water partition coefficient (Wildman–Crippen LogP) is 3.20. The van der Waals surface area contributed by atoms with Gasteiger partial charge in [-0.2, -0.15) is 0 Å². The topological polar surface area (TPSA) is 38.0 Å². The first-order chi connectivity index (χ1) is 8.11. The second-order valence-electron chi connectivity index (χ2n) is 4.24. The molecule has 0 fully saturated rings. The van der Waals surface area contributed by atoms with Crippen LogP contribution in [0.1, 0.15) is 37.3 Å². The average Bonchev–Trinajstić information content (AvgIpc) is 2.77. The van der Waals surface area contributed by atoms with Gasteiger partial charge in [0.25, 0.3) is 0 Å². The molecule has 0 radical (unpaired) electrons. The quantitative estimate of drug-likeness (QED) is 0.909. The van der Waals surface area contributed by atoms with Gasteiger partial charge in [-0.05, 0) is 19.9 Å². The van der Waals surface area contributed by atoms with E-state index < -0.39 is 6.10 Å². The van der Waals surface area contributed by atoms with Crippen LogP contribution in [0, 0.1) is 0 Å². The molecule has 0 amide bonds. The molecule has 90 valence electrons. The molecule has 1 heterocycles. The monoisotopic (exact) mass is 250 g/mol. The Hall–Kier alpha value is -1.32. The second kappa shape index (κ2) is 4.90. The number of aromatic nitrogens is 2. The molecule has 0 aliphatic carbocycles. The van der Waals surface area contributed by atoms with Crippen LogP contribution in [0.3, 0.4) is 0 Å². The molecular formula is C13H15ClN2O. The SMILES string of the molecule is CC(C)n1cncc1C(O)c1ccccc1Cl. The number of imidazole rings is 1. The third kappa shape index (κ3) is 2.35. The van der Waals surface area contributed by atoms with Crippen molar-refractivity contribution >= 4 is 11.6 Å². The average molecular weight is 251 g/mol. The van der Waals surface area contributed by atoms with Gasteiger partial charge in [-0.1, -0.05) is 29.8 Å². The smallest absolute Gasteiger partial charge is 0.122 e. The Bertz CT molecular complexity index is 508. The third-order valence-corrected chi connectivity index (χ3v) is 3.08. The van der Waals surface area contributed by atoms with Crippen LogP contribution in [-0.2, 0) is 0 Å². The number of hydrogen-bond acceptors (Lipinski definition) is 2. The van der Waals surface area contributed by atoms with Crippen LogP contribution in [0.5, 0.6) is 0 Å². The molecule has 0 saturated carbocycles. The lowest BCUT2D eigenvalue weighted by atomic mass is 10.1. The van der Waals surface area contributed by atoms with Gasteiger partial charge in [0.1, 0.15) is 6.10 Å². The lowest BCUT2D eigenvalue weighted by molar-refractivity contribution is 0.208. The minimum atomic E-state index is -0.742. The van der Waals surface area contributed by atoms with Crippen LogP contribution in [0.25, 0.3) is 0 Å². The van der Waals surface area contributed by atoms with Crippen molar-refractivity contribution < 1.29 is 5.11 Å². The zero-order valence-electron chi connectivity index (χ0n) is 9.84. The number of rotatable bonds is 3. The van der Waals surface area contributed by atoms with Crippen molar-refractivity contribution in [3.63, 3.8) is 0 Å². The van der Waals surface area contributed by atoms with Gasteiger partial charge in [-0.15, -0.1) is 0 Å². The standard InChI is InChI=1S/C13H15ClN2O/c1-9(2)16-8-15-7-12(16)13(17)10-5-3-4-6-11(10)14/h3-9,13,17H,1-2H3. The molecule has 2 rings (SSSR count). The Morgan fingerprint density at radius 2 is 2.00 bits per heavy atom. The van der Waals surface area contributed by atoms with Crippen molar-refractivity contribution in [1.82, 2.24) is 9.55 Å². The highest BCUT2D eigenvalue weighted by Gasteiger charge is 2.18. The number of aliphatic hydroxyl groups excluding tert-OH is 1. The Kier molecular flexibility index (Phi) is 3.50. The van der Waals surface area contributed by atoms with Crippen molar-refractivity contribution in [2.24, 2.45) is 0 Å². The zero-order valence-corrected chi connectivity index (χ0v) is 10.6. The summed E-state index contributed by atoms with van der Waals surface area (Å²) < 4.78 is 1.94. The molecule has 1 aromatic heterocycles. The van der Waals surface area contributed by atoms with Gasteiger partial charge in [-0.25, -0.2) is 4.98 Å². The maximum absolute atomic E-state index is 10.3.